The Morgan fingerprint density at radius 3 is 2.84 bits per heavy atom. The monoisotopic (exact) mass is 435 g/mol. The number of rotatable bonds is 4. The molecule has 1 spiro atoms. The molecule has 0 bridgehead atoms. The molecule has 1 fully saturated rings. The predicted octanol–water partition coefficient (Wildman–Crippen LogP) is 2.77. The lowest BCUT2D eigenvalue weighted by Gasteiger charge is -2.27. The van der Waals surface area contributed by atoms with Gasteiger partial charge in [-0.15, -0.1) is 0 Å². The number of nitrogens with zero attached hydrogens (tertiary/aromatic N) is 1. The first-order chi connectivity index (χ1) is 15.5. The van der Waals surface area contributed by atoms with Crippen molar-refractivity contribution in [1.82, 2.24) is 15.5 Å². The van der Waals surface area contributed by atoms with E-state index >= 15 is 0 Å². The third-order valence-electron chi connectivity index (χ3n) is 6.48. The van der Waals surface area contributed by atoms with E-state index in [0.29, 0.717) is 17.9 Å². The largest absolute Gasteiger partial charge is 0.454 e. The highest BCUT2D eigenvalue weighted by molar-refractivity contribution is 6.09. The van der Waals surface area contributed by atoms with Crippen molar-refractivity contribution in [2.75, 3.05) is 13.3 Å². The third-order valence-corrected chi connectivity index (χ3v) is 6.48. The fourth-order valence-corrected chi connectivity index (χ4v) is 4.81. The van der Waals surface area contributed by atoms with Gasteiger partial charge in [0.05, 0.1) is 6.04 Å². The number of amides is 4. The quantitative estimate of drug-likeness (QED) is 0.720. The molecule has 2 aliphatic heterocycles. The highest BCUT2D eigenvalue weighted by Crippen LogP contribution is 2.39. The molecule has 0 saturated carbocycles. The summed E-state index contributed by atoms with van der Waals surface area (Å²) in [6.07, 6.45) is 3.17. The summed E-state index contributed by atoms with van der Waals surface area (Å²) in [5.74, 6) is 0.535. The first-order valence-electron chi connectivity index (χ1n) is 10.9. The van der Waals surface area contributed by atoms with Gasteiger partial charge in [-0.05, 0) is 61.4 Å². The Labute approximate surface area is 185 Å². The number of carbonyl (C=O) groups excluding carboxylic acids is 3. The minimum Gasteiger partial charge on any atom is -0.454 e. The van der Waals surface area contributed by atoms with Crippen molar-refractivity contribution in [3.63, 3.8) is 0 Å². The minimum atomic E-state index is -1.09. The van der Waals surface area contributed by atoms with Crippen LogP contribution in [0.25, 0.3) is 0 Å². The van der Waals surface area contributed by atoms with Crippen LogP contribution in [0, 0.1) is 0 Å². The second kappa shape index (κ2) is 7.85. The first kappa shape index (κ1) is 20.4. The number of aryl methyl sites for hydroxylation is 1. The van der Waals surface area contributed by atoms with Crippen LogP contribution in [0.5, 0.6) is 11.5 Å². The van der Waals surface area contributed by atoms with Crippen LogP contribution in [0.3, 0.4) is 0 Å². The minimum absolute atomic E-state index is 0.177. The van der Waals surface area contributed by atoms with Gasteiger partial charge < -0.3 is 20.1 Å². The fourth-order valence-electron chi connectivity index (χ4n) is 4.81. The molecule has 2 heterocycles. The van der Waals surface area contributed by atoms with E-state index in [1.54, 1.807) is 6.07 Å². The zero-order chi connectivity index (χ0) is 22.3. The molecule has 2 N–H and O–H groups in total. The Morgan fingerprint density at radius 2 is 1.97 bits per heavy atom. The van der Waals surface area contributed by atoms with Gasteiger partial charge in [0.25, 0.3) is 5.91 Å². The van der Waals surface area contributed by atoms with Crippen molar-refractivity contribution in [3.05, 3.63) is 59.2 Å². The summed E-state index contributed by atoms with van der Waals surface area (Å²) in [5, 5.41) is 5.78. The average molecular weight is 435 g/mol. The summed E-state index contributed by atoms with van der Waals surface area (Å²) in [6, 6.07) is 12.3. The molecule has 2 aromatic rings. The second-order valence-corrected chi connectivity index (χ2v) is 8.49. The van der Waals surface area contributed by atoms with Crippen LogP contribution >= 0.6 is 0 Å². The van der Waals surface area contributed by atoms with Crippen molar-refractivity contribution < 1.29 is 23.9 Å². The Bertz CT molecular complexity index is 1100. The molecule has 2 aromatic carbocycles. The van der Waals surface area contributed by atoms with Gasteiger partial charge in [-0.1, -0.05) is 30.3 Å². The lowest BCUT2D eigenvalue weighted by atomic mass is 9.84. The van der Waals surface area contributed by atoms with Crippen molar-refractivity contribution in [3.8, 4) is 11.5 Å². The molecule has 0 radical (unpaired) electrons. The van der Waals surface area contributed by atoms with Gasteiger partial charge in [0.15, 0.2) is 11.5 Å². The summed E-state index contributed by atoms with van der Waals surface area (Å²) >= 11 is 0. The Kier molecular flexibility index (Phi) is 5.00. The number of carbonyl (C=O) groups is 3. The zero-order valence-corrected chi connectivity index (χ0v) is 17.8. The van der Waals surface area contributed by atoms with Crippen LogP contribution in [-0.4, -0.2) is 36.1 Å². The molecule has 2 unspecified atom stereocenters. The van der Waals surface area contributed by atoms with Crippen molar-refractivity contribution in [2.45, 2.75) is 44.2 Å². The third kappa shape index (κ3) is 3.36. The molecule has 8 heteroatoms. The topological polar surface area (TPSA) is 97.0 Å². The molecule has 8 nitrogen and oxygen atoms in total. The molecule has 4 amide bonds. The van der Waals surface area contributed by atoms with Crippen LogP contribution in [0.2, 0.25) is 0 Å². The molecule has 2 atom stereocenters. The molecule has 1 aliphatic carbocycles. The van der Waals surface area contributed by atoms with E-state index in [-0.39, 0.29) is 25.3 Å². The van der Waals surface area contributed by atoms with E-state index < -0.39 is 17.5 Å². The van der Waals surface area contributed by atoms with Crippen molar-refractivity contribution >= 4 is 17.8 Å². The number of benzene rings is 2. The molecular formula is C24H25N3O5. The number of ether oxygens (including phenoxy) is 2. The number of urea groups is 1. The Hall–Kier alpha value is -3.55. The van der Waals surface area contributed by atoms with E-state index in [1.165, 1.54) is 0 Å². The molecule has 1 saturated heterocycles. The summed E-state index contributed by atoms with van der Waals surface area (Å²) in [6.45, 7) is 1.68. The maximum atomic E-state index is 13.5. The van der Waals surface area contributed by atoms with Gasteiger partial charge >= 0.3 is 6.03 Å². The molecule has 3 aliphatic rings. The van der Waals surface area contributed by atoms with Crippen molar-refractivity contribution in [2.24, 2.45) is 0 Å². The van der Waals surface area contributed by atoms with E-state index in [0.717, 1.165) is 40.9 Å². The molecule has 166 valence electrons. The molecule has 32 heavy (non-hydrogen) atoms. The fraction of sp³-hybridized carbons (Fsp3) is 0.375. The summed E-state index contributed by atoms with van der Waals surface area (Å²) in [7, 11) is 0. The number of fused-ring (bicyclic) bond motifs is 3. The van der Waals surface area contributed by atoms with Crippen LogP contribution in [0.1, 0.15) is 48.9 Å². The van der Waals surface area contributed by atoms with Crippen molar-refractivity contribution in [1.29, 1.82) is 0 Å². The highest BCUT2D eigenvalue weighted by atomic mass is 16.7. The van der Waals surface area contributed by atoms with Gasteiger partial charge in [-0.2, -0.15) is 0 Å². The van der Waals surface area contributed by atoms with E-state index in [9.17, 15) is 14.4 Å². The van der Waals surface area contributed by atoms with Crippen LogP contribution < -0.4 is 20.1 Å². The molecule has 5 rings (SSSR count). The van der Waals surface area contributed by atoms with Gasteiger partial charge in [-0.25, -0.2) is 4.79 Å². The number of hydrogen-bond donors (Lipinski definition) is 2. The second-order valence-electron chi connectivity index (χ2n) is 8.49. The SMILES string of the molecule is CC(NC(=O)CN1C(=O)NC2(CCCCc3ccccc32)C1=O)c1ccc2c(c1)OCO2. The predicted molar refractivity (Wildman–Crippen MR) is 115 cm³/mol. The molecule has 0 aromatic heterocycles. The van der Waals surface area contributed by atoms with Crippen LogP contribution in [0.15, 0.2) is 42.5 Å². The zero-order valence-electron chi connectivity index (χ0n) is 17.8. The van der Waals surface area contributed by atoms with Crippen LogP contribution in [-0.2, 0) is 21.5 Å². The van der Waals surface area contributed by atoms with Gasteiger partial charge in [0.1, 0.15) is 12.1 Å². The Balaban J connectivity index is 1.31. The standard InChI is InChI=1S/C24H25N3O5/c1-15(17-9-10-19-20(12-17)32-14-31-19)25-21(28)13-27-22(29)24(26-23(27)30)11-5-4-7-16-6-2-3-8-18(16)24/h2-3,6,8-10,12,15H,4-5,7,11,13-14H2,1H3,(H,25,28)(H,26,30). The van der Waals surface area contributed by atoms with Gasteiger partial charge in [0.2, 0.25) is 12.7 Å². The summed E-state index contributed by atoms with van der Waals surface area (Å²) < 4.78 is 10.7. The maximum Gasteiger partial charge on any atom is 0.325 e. The van der Waals surface area contributed by atoms with E-state index in [2.05, 4.69) is 10.6 Å². The number of nitrogens with one attached hydrogen (secondary N) is 2. The lowest BCUT2D eigenvalue weighted by Crippen LogP contribution is -2.45. The smallest absolute Gasteiger partial charge is 0.325 e. The average Bonchev–Trinajstić information content (AvgIpc) is 3.28. The first-order valence-corrected chi connectivity index (χ1v) is 10.9. The van der Waals surface area contributed by atoms with Gasteiger partial charge in [-0.3, -0.25) is 14.5 Å². The summed E-state index contributed by atoms with van der Waals surface area (Å²) in [4.78, 5) is 40.0. The number of hydrogen-bond acceptors (Lipinski definition) is 5. The lowest BCUT2D eigenvalue weighted by molar-refractivity contribution is -0.135. The normalized spacial score (nSPS) is 22.3. The highest BCUT2D eigenvalue weighted by Gasteiger charge is 2.53. The van der Waals surface area contributed by atoms with E-state index in [4.69, 9.17) is 9.47 Å². The Morgan fingerprint density at radius 1 is 1.16 bits per heavy atom. The summed E-state index contributed by atoms with van der Waals surface area (Å²) in [5.41, 5.74) is 1.66. The van der Waals surface area contributed by atoms with Crippen LogP contribution in [0.4, 0.5) is 4.79 Å². The maximum absolute atomic E-state index is 13.5. The van der Waals surface area contributed by atoms with Gasteiger partial charge in [0, 0.05) is 0 Å². The number of imide groups is 1. The molecular weight excluding hydrogens is 410 g/mol. The van der Waals surface area contributed by atoms with E-state index in [1.807, 2.05) is 43.3 Å².